The molecule has 0 spiro atoms. The molecule has 0 heterocycles. The zero-order chi connectivity index (χ0) is 14.6. The second-order valence-corrected chi connectivity index (χ2v) is 5.37. The summed E-state index contributed by atoms with van der Waals surface area (Å²) in [5, 5.41) is 0. The Hall–Kier alpha value is -1.00. The van der Waals surface area contributed by atoms with E-state index >= 15 is 0 Å². The maximum Gasteiger partial charge on any atom is 0.126 e. The maximum atomic E-state index is 13.6. The van der Waals surface area contributed by atoms with Crippen LogP contribution >= 0.6 is 0 Å². The molecule has 0 aliphatic carbocycles. The van der Waals surface area contributed by atoms with Crippen molar-refractivity contribution in [1.29, 1.82) is 0 Å². The average Bonchev–Trinajstić information content (AvgIpc) is 2.35. The van der Waals surface area contributed by atoms with Gasteiger partial charge in [-0.15, -0.1) is 0 Å². The zero-order valence-electron chi connectivity index (χ0n) is 12.2. The second-order valence-electron chi connectivity index (χ2n) is 5.37. The minimum atomic E-state index is -0.427. The lowest BCUT2D eigenvalue weighted by Gasteiger charge is -2.42. The van der Waals surface area contributed by atoms with Crippen molar-refractivity contribution in [3.63, 3.8) is 0 Å². The Morgan fingerprint density at radius 2 is 1.79 bits per heavy atom. The Labute approximate surface area is 114 Å². The highest BCUT2D eigenvalue weighted by molar-refractivity contribution is 5.20. The topological polar surface area (TPSA) is 29.3 Å². The molecule has 1 aromatic carbocycles. The van der Waals surface area contributed by atoms with E-state index in [2.05, 4.69) is 18.7 Å². The van der Waals surface area contributed by atoms with Gasteiger partial charge < -0.3 is 5.73 Å². The van der Waals surface area contributed by atoms with Gasteiger partial charge in [0, 0.05) is 11.6 Å². The van der Waals surface area contributed by atoms with Crippen LogP contribution in [0.5, 0.6) is 0 Å². The van der Waals surface area contributed by atoms with Gasteiger partial charge in [-0.05, 0) is 57.1 Å². The first-order chi connectivity index (χ1) is 8.82. The number of hydrogen-bond donors (Lipinski definition) is 1. The largest absolute Gasteiger partial charge is 0.326 e. The van der Waals surface area contributed by atoms with E-state index in [0.29, 0.717) is 12.0 Å². The van der Waals surface area contributed by atoms with Crippen LogP contribution in [0.4, 0.5) is 8.78 Å². The molecule has 2 N–H and O–H groups in total. The standard InChI is InChI=1S/C15H24F2N2/c1-5-19(6-2)15(3,4)14(18)10-11-9-12(16)7-8-13(11)17/h7-9,14H,5-6,10,18H2,1-4H3. The maximum absolute atomic E-state index is 13.6. The SMILES string of the molecule is CCN(CC)C(C)(C)C(N)Cc1cc(F)ccc1F. The Kier molecular flexibility index (Phi) is 5.44. The molecule has 0 aromatic heterocycles. The molecule has 2 nitrogen and oxygen atoms in total. The average molecular weight is 270 g/mol. The number of benzene rings is 1. The van der Waals surface area contributed by atoms with Crippen LogP contribution in [0.2, 0.25) is 0 Å². The Morgan fingerprint density at radius 3 is 2.32 bits per heavy atom. The summed E-state index contributed by atoms with van der Waals surface area (Å²) >= 11 is 0. The Bertz CT molecular complexity index is 415. The van der Waals surface area contributed by atoms with Gasteiger partial charge in [0.15, 0.2) is 0 Å². The molecule has 1 rings (SSSR count). The molecule has 0 aliphatic heterocycles. The van der Waals surface area contributed by atoms with Crippen molar-refractivity contribution in [2.24, 2.45) is 5.73 Å². The van der Waals surface area contributed by atoms with E-state index in [1.165, 1.54) is 6.07 Å². The van der Waals surface area contributed by atoms with Crippen LogP contribution in [0.3, 0.4) is 0 Å². The highest BCUT2D eigenvalue weighted by atomic mass is 19.1. The molecule has 0 radical (unpaired) electrons. The van der Waals surface area contributed by atoms with Crippen LogP contribution in [0.15, 0.2) is 18.2 Å². The summed E-state index contributed by atoms with van der Waals surface area (Å²) in [4.78, 5) is 2.23. The number of hydrogen-bond acceptors (Lipinski definition) is 2. The summed E-state index contributed by atoms with van der Waals surface area (Å²) in [7, 11) is 0. The lowest BCUT2D eigenvalue weighted by Crippen LogP contribution is -2.56. The Balaban J connectivity index is 2.89. The highest BCUT2D eigenvalue weighted by Crippen LogP contribution is 2.22. The molecule has 1 aromatic rings. The Morgan fingerprint density at radius 1 is 1.21 bits per heavy atom. The van der Waals surface area contributed by atoms with Crippen molar-refractivity contribution in [1.82, 2.24) is 4.90 Å². The smallest absolute Gasteiger partial charge is 0.126 e. The predicted octanol–water partition coefficient (Wildman–Crippen LogP) is 2.96. The van der Waals surface area contributed by atoms with E-state index in [1.54, 1.807) is 0 Å². The number of rotatable bonds is 6. The monoisotopic (exact) mass is 270 g/mol. The highest BCUT2D eigenvalue weighted by Gasteiger charge is 2.31. The fourth-order valence-corrected chi connectivity index (χ4v) is 2.46. The summed E-state index contributed by atoms with van der Waals surface area (Å²) in [6.07, 6.45) is 0.326. The summed E-state index contributed by atoms with van der Waals surface area (Å²) in [6.45, 7) is 9.98. The molecule has 108 valence electrons. The molecular formula is C15H24F2N2. The molecule has 1 atom stereocenters. The van der Waals surface area contributed by atoms with Gasteiger partial charge in [-0.3, -0.25) is 4.90 Å². The van der Waals surface area contributed by atoms with Crippen LogP contribution < -0.4 is 5.73 Å². The molecule has 0 amide bonds. The van der Waals surface area contributed by atoms with E-state index in [-0.39, 0.29) is 11.6 Å². The van der Waals surface area contributed by atoms with Gasteiger partial charge in [0.2, 0.25) is 0 Å². The molecule has 0 saturated carbocycles. The second kappa shape index (κ2) is 6.44. The predicted molar refractivity (Wildman–Crippen MR) is 75.0 cm³/mol. The van der Waals surface area contributed by atoms with E-state index in [0.717, 1.165) is 25.2 Å². The summed E-state index contributed by atoms with van der Waals surface area (Å²) < 4.78 is 26.8. The first kappa shape index (κ1) is 16.1. The minimum Gasteiger partial charge on any atom is -0.326 e. The third-order valence-corrected chi connectivity index (χ3v) is 3.93. The molecule has 0 saturated heterocycles. The quantitative estimate of drug-likeness (QED) is 0.861. The van der Waals surface area contributed by atoms with Crippen molar-refractivity contribution in [2.75, 3.05) is 13.1 Å². The van der Waals surface area contributed by atoms with Crippen LogP contribution in [0.25, 0.3) is 0 Å². The molecule has 0 fully saturated rings. The van der Waals surface area contributed by atoms with Crippen LogP contribution in [0.1, 0.15) is 33.3 Å². The van der Waals surface area contributed by atoms with Crippen LogP contribution in [-0.2, 0) is 6.42 Å². The first-order valence-corrected chi connectivity index (χ1v) is 6.77. The van der Waals surface area contributed by atoms with Gasteiger partial charge in [0.05, 0.1) is 0 Å². The van der Waals surface area contributed by atoms with E-state index < -0.39 is 11.6 Å². The fourth-order valence-electron chi connectivity index (χ4n) is 2.46. The lowest BCUT2D eigenvalue weighted by molar-refractivity contribution is 0.106. The molecule has 1 unspecified atom stereocenters. The molecule has 0 bridgehead atoms. The van der Waals surface area contributed by atoms with E-state index in [4.69, 9.17) is 5.73 Å². The summed E-state index contributed by atoms with van der Waals surface area (Å²) in [6, 6.07) is 3.25. The summed E-state index contributed by atoms with van der Waals surface area (Å²) in [5.41, 5.74) is 6.30. The number of halogens is 2. The molecule has 19 heavy (non-hydrogen) atoms. The van der Waals surface area contributed by atoms with Crippen molar-refractivity contribution >= 4 is 0 Å². The molecule has 0 aliphatic rings. The minimum absolute atomic E-state index is 0.260. The van der Waals surface area contributed by atoms with Crippen molar-refractivity contribution in [3.8, 4) is 0 Å². The van der Waals surface area contributed by atoms with Gasteiger partial charge in [-0.25, -0.2) is 8.78 Å². The van der Waals surface area contributed by atoms with Crippen LogP contribution in [0, 0.1) is 11.6 Å². The van der Waals surface area contributed by atoms with Gasteiger partial charge in [0.1, 0.15) is 11.6 Å². The normalized spacial score (nSPS) is 13.9. The van der Waals surface area contributed by atoms with Crippen molar-refractivity contribution in [2.45, 2.75) is 45.7 Å². The number of likely N-dealkylation sites (N-methyl/N-ethyl adjacent to an activating group) is 1. The van der Waals surface area contributed by atoms with Gasteiger partial charge in [-0.1, -0.05) is 13.8 Å². The fraction of sp³-hybridized carbons (Fsp3) is 0.600. The first-order valence-electron chi connectivity index (χ1n) is 6.77. The van der Waals surface area contributed by atoms with E-state index in [1.807, 2.05) is 13.8 Å². The summed E-state index contributed by atoms with van der Waals surface area (Å²) in [5.74, 6) is -0.823. The van der Waals surface area contributed by atoms with Crippen molar-refractivity contribution < 1.29 is 8.78 Å². The number of nitrogens with zero attached hydrogens (tertiary/aromatic N) is 1. The number of nitrogens with two attached hydrogens (primary N) is 1. The van der Waals surface area contributed by atoms with Gasteiger partial charge >= 0.3 is 0 Å². The third kappa shape index (κ3) is 3.74. The van der Waals surface area contributed by atoms with Gasteiger partial charge in [-0.2, -0.15) is 0 Å². The molecule has 4 heteroatoms. The lowest BCUT2D eigenvalue weighted by atomic mass is 9.88. The zero-order valence-corrected chi connectivity index (χ0v) is 12.2. The van der Waals surface area contributed by atoms with Gasteiger partial charge in [0.25, 0.3) is 0 Å². The third-order valence-electron chi connectivity index (χ3n) is 3.93. The molecular weight excluding hydrogens is 246 g/mol. The van der Waals surface area contributed by atoms with E-state index in [9.17, 15) is 8.78 Å². The van der Waals surface area contributed by atoms with Crippen molar-refractivity contribution in [3.05, 3.63) is 35.4 Å². The van der Waals surface area contributed by atoms with Crippen LogP contribution in [-0.4, -0.2) is 29.6 Å².